The molecule has 0 aromatic carbocycles. The van der Waals surface area contributed by atoms with Crippen molar-refractivity contribution in [1.29, 1.82) is 0 Å². The molecule has 11 saturated heterocycles. The number of hydrogen-bond donors (Lipinski definition) is 0. The molecule has 17 aliphatic carbocycles. The van der Waals surface area contributed by atoms with Crippen molar-refractivity contribution < 1.29 is 135 Å². The zero-order chi connectivity index (χ0) is 83.1. The Hall–Kier alpha value is -6.05. The van der Waals surface area contributed by atoms with Gasteiger partial charge in [0.1, 0.15) is 71.9 Å². The molecule has 28 rings (SSSR count). The number of fused-ring (bicyclic) bond motifs is 17. The van der Waals surface area contributed by atoms with Gasteiger partial charge >= 0.3 is 65.7 Å². The van der Waals surface area contributed by atoms with Crippen LogP contribution in [-0.4, -0.2) is 185 Å². The Balaban J connectivity index is 0.0000000855. The predicted octanol–water partition coefficient (Wildman–Crippen LogP) is 6.86. The van der Waals surface area contributed by atoms with Gasteiger partial charge in [0.2, 0.25) is 0 Å². The van der Waals surface area contributed by atoms with Gasteiger partial charge in [0, 0.05) is 59.2 Å². The van der Waals surface area contributed by atoms with Gasteiger partial charge in [-0.1, -0.05) is 55.4 Å². The van der Waals surface area contributed by atoms with Gasteiger partial charge in [-0.25, -0.2) is 0 Å². The summed E-state index contributed by atoms with van der Waals surface area (Å²) in [6.07, 6.45) is 11.6. The highest BCUT2D eigenvalue weighted by Crippen LogP contribution is 2.68. The summed E-state index contributed by atoms with van der Waals surface area (Å²) in [4.78, 5) is 135. The molecule has 0 amide bonds. The lowest BCUT2D eigenvalue weighted by Crippen LogP contribution is -2.45. The van der Waals surface area contributed by atoms with Crippen LogP contribution in [0.5, 0.6) is 0 Å². The van der Waals surface area contributed by atoms with Crippen LogP contribution in [0.25, 0.3) is 0 Å². The largest absolute Gasteiger partial charge is 0.465 e. The maximum Gasteiger partial charge on any atom is 0.310 e. The fourth-order valence-electron chi connectivity index (χ4n) is 33.5. The normalized spacial score (nSPS) is 56.0. The maximum atomic E-state index is 12.9. The van der Waals surface area contributed by atoms with E-state index in [1.807, 2.05) is 13.8 Å². The first-order valence-corrected chi connectivity index (χ1v) is 48.9. The molecule has 0 spiro atoms. The summed E-state index contributed by atoms with van der Waals surface area (Å²) in [5, 5.41) is -1.07. The van der Waals surface area contributed by atoms with Crippen LogP contribution in [0, 0.1) is 213 Å². The van der Waals surface area contributed by atoms with Gasteiger partial charge in [0.25, 0.3) is 20.2 Å². The fraction of sp³-hybridized carbons (Fsp3) is 0.876. The van der Waals surface area contributed by atoms with E-state index in [-0.39, 0.29) is 232 Å². The lowest BCUT2D eigenvalue weighted by molar-refractivity contribution is -0.170. The van der Waals surface area contributed by atoms with Crippen molar-refractivity contribution in [2.24, 2.45) is 213 Å². The van der Waals surface area contributed by atoms with E-state index in [1.54, 1.807) is 0 Å². The molecule has 0 aromatic rings. The first-order valence-electron chi connectivity index (χ1n) is 46.0. The lowest BCUT2D eigenvalue weighted by Gasteiger charge is -2.33. The van der Waals surface area contributed by atoms with Crippen LogP contribution in [0.2, 0.25) is 0 Å². The Kier molecular flexibility index (Phi) is 17.9. The van der Waals surface area contributed by atoms with Crippen molar-refractivity contribution in [1.82, 2.24) is 0 Å². The van der Waals surface area contributed by atoms with Gasteiger partial charge in [0.05, 0.1) is 89.7 Å². The molecule has 17 saturated carbocycles. The van der Waals surface area contributed by atoms with Gasteiger partial charge in [-0.05, 0) is 198 Å². The number of carbonyl (C=O) groups excluding carboxylic acids is 11. The predicted molar refractivity (Wildman–Crippen MR) is 403 cm³/mol. The number of ether oxygens (including phenoxy) is 12. The first-order chi connectivity index (χ1) is 57.3. The van der Waals surface area contributed by atoms with E-state index in [0.29, 0.717) is 55.0 Å². The van der Waals surface area contributed by atoms with Crippen molar-refractivity contribution >= 4 is 85.9 Å². The Morgan fingerprint density at radius 1 is 0.350 bits per heavy atom. The molecule has 28 aliphatic rings. The van der Waals surface area contributed by atoms with Gasteiger partial charge in [-0.3, -0.25) is 61.1 Å². The SMILES string of the molecule is CC1C(C)C2CC1C1COC(=O)C21.CC1C2CC3C1OC(=O)C3C2C(=O)OC1C2CC3C(=O)OC1C3C2.CC1C2CC3C1OC(=O)C3C2C(=O)OC1C2CC3C(O2)C1OS3(=O)=O.CC1C2CC3C1OC(=O)C3C2C(=O)OC1C2CC3C1OS(=O)(=O)C3C2.CC1CC2CC1C1COC(=O)C21.CCC1(OC(=O)C2C3CC4C(OC(=O)C42)C3C)CCCC1. The summed E-state index contributed by atoms with van der Waals surface area (Å²) < 4.78 is 125. The van der Waals surface area contributed by atoms with E-state index < -0.39 is 91.1 Å². The average Bonchev–Trinajstić information content (AvgIpc) is 1.55. The molecular weight excluding hydrogens is 1600 g/mol. The zero-order valence-corrected chi connectivity index (χ0v) is 70.6. The Morgan fingerprint density at radius 2 is 0.775 bits per heavy atom. The highest BCUT2D eigenvalue weighted by molar-refractivity contribution is 7.88. The monoisotopic (exact) mass is 1710 g/mol. The minimum Gasteiger partial charge on any atom is -0.465 e. The molecule has 18 bridgehead atoms. The van der Waals surface area contributed by atoms with Crippen LogP contribution < -0.4 is 0 Å². The fourth-order valence-corrected chi connectivity index (χ4v) is 37.0. The van der Waals surface area contributed by atoms with Crippen molar-refractivity contribution in [3.8, 4) is 0 Å². The van der Waals surface area contributed by atoms with Gasteiger partial charge in [-0.15, -0.1) is 0 Å². The third kappa shape index (κ3) is 10.9. The summed E-state index contributed by atoms with van der Waals surface area (Å²) in [7, 11) is -7.16. The molecule has 120 heavy (non-hydrogen) atoms. The number of cyclic esters (lactones) is 2. The van der Waals surface area contributed by atoms with E-state index in [0.717, 1.165) is 113 Å². The Morgan fingerprint density at radius 3 is 1.30 bits per heavy atom. The van der Waals surface area contributed by atoms with Gasteiger partial charge < -0.3 is 56.8 Å². The molecule has 50 atom stereocenters. The van der Waals surface area contributed by atoms with Crippen molar-refractivity contribution in [2.75, 3.05) is 13.2 Å². The zero-order valence-electron chi connectivity index (χ0n) is 69.0. The number of rotatable bonds is 9. The summed E-state index contributed by atoms with van der Waals surface area (Å²) >= 11 is 0. The maximum absolute atomic E-state index is 12.9. The van der Waals surface area contributed by atoms with E-state index >= 15 is 0 Å². The summed E-state index contributed by atoms with van der Waals surface area (Å²) in [6, 6.07) is 0. The van der Waals surface area contributed by atoms with Crippen molar-refractivity contribution in [3.05, 3.63) is 0 Å². The summed E-state index contributed by atoms with van der Waals surface area (Å²) in [5.41, 5.74) is -0.260. The molecule has 0 N–H and O–H groups in total. The van der Waals surface area contributed by atoms with Gasteiger partial charge in [-0.2, -0.15) is 16.8 Å². The highest BCUT2D eigenvalue weighted by Gasteiger charge is 2.76. The van der Waals surface area contributed by atoms with Crippen LogP contribution in [0.1, 0.15) is 165 Å². The van der Waals surface area contributed by atoms with Crippen LogP contribution >= 0.6 is 0 Å². The van der Waals surface area contributed by atoms with Crippen LogP contribution in [-0.2, 0) is 138 Å². The quantitative estimate of drug-likeness (QED) is 0.129. The standard InChI is InChI=1S/C18H20O6.C17H20O7S.C17H24O4.C16H18O8S.C11H16O2.C10H14O2/c1-5-7-4-10-12(18(21)22-13(5)10)11(7)17(20)23-14-6-2-8-9(3-6)16(19)24-15(8)14;1-5-7-4-9-12(17(19)22-13(5)9)11(7)16(18)23-14-6-2-8-10(3-6)25(20,21)24-15(8)14;1-3-17(6-4-5-7-17)21-16(19)12-10-8-11-13(12)15(18)20-14(11)9(10)2;1-4-5-2-6-10(16(18)22-11(4)6)9(5)15(17)23-12-7-3-8-13(21-7)14(12)24-25(8,19)20;1-5-6(2)8-3-7(5)9-4-13-11(12)10(8)9;1-5-2-6-3-7(5)8-4-12-10(11)9(6)8/h5-15H,2-4H2,1H3;5-15H,2-4H2,1H3;9-14H,3-8H2,1-2H3;4-14H,2-3H2,1H3;5-10H,3-4H2,1-2H3;5-9H,2-4H2,1H3. The number of carbonyl (C=O) groups is 11. The molecule has 11 aliphatic heterocycles. The van der Waals surface area contributed by atoms with E-state index in [1.165, 1.54) is 19.3 Å². The molecule has 28 fully saturated rings. The first kappa shape index (κ1) is 78.7. The molecule has 11 heterocycles. The minimum atomic E-state index is -3.64. The van der Waals surface area contributed by atoms with Gasteiger partial charge in [0.15, 0.2) is 6.10 Å². The number of esters is 11. The second-order valence-electron chi connectivity index (χ2n) is 43.0. The Labute approximate surface area is 697 Å². The second-order valence-corrected chi connectivity index (χ2v) is 46.6. The molecule has 0 radical (unpaired) electrons. The summed E-state index contributed by atoms with van der Waals surface area (Å²) in [6.45, 7) is 18.7. The van der Waals surface area contributed by atoms with E-state index in [9.17, 15) is 69.6 Å². The second kappa shape index (κ2) is 27.2. The van der Waals surface area contributed by atoms with E-state index in [2.05, 4.69) is 41.5 Å². The van der Waals surface area contributed by atoms with Crippen LogP contribution in [0.4, 0.5) is 0 Å². The topological polar surface area (TPSA) is 385 Å². The molecule has 50 unspecified atom stereocenters. The number of hydrogen-bond acceptors (Lipinski definition) is 29. The minimum absolute atomic E-state index is 0.00409. The average molecular weight is 1710 g/mol. The Bertz CT molecular complexity index is 4520. The van der Waals surface area contributed by atoms with Crippen molar-refractivity contribution in [2.45, 2.75) is 254 Å². The third-order valence-corrected chi connectivity index (χ3v) is 42.5. The molecule has 29 nitrogen and oxygen atoms in total. The van der Waals surface area contributed by atoms with Crippen LogP contribution in [0.3, 0.4) is 0 Å². The van der Waals surface area contributed by atoms with Crippen molar-refractivity contribution in [3.63, 3.8) is 0 Å². The molecule has 0 aromatic heterocycles. The molecule has 31 heteroatoms. The van der Waals surface area contributed by atoms with Crippen LogP contribution in [0.15, 0.2) is 0 Å². The third-order valence-electron chi connectivity index (χ3n) is 39.0. The summed E-state index contributed by atoms with van der Waals surface area (Å²) in [5.74, 6) is 4.71. The molecule has 654 valence electrons. The highest BCUT2D eigenvalue weighted by atomic mass is 32.2. The van der Waals surface area contributed by atoms with E-state index in [4.69, 9.17) is 65.2 Å². The molecular formula is C89H112O29S2. The lowest BCUT2D eigenvalue weighted by atomic mass is 9.71. The smallest absolute Gasteiger partial charge is 0.310 e.